The number of fused-ring (bicyclic) bond motifs is 2. The van der Waals surface area contributed by atoms with Crippen LogP contribution in [-0.4, -0.2) is 64.8 Å². The fourth-order valence-electron chi connectivity index (χ4n) is 4.00. The summed E-state index contributed by atoms with van der Waals surface area (Å²) in [6.45, 7) is 3.45. The van der Waals surface area contributed by atoms with E-state index in [0.717, 1.165) is 43.1 Å². The number of benzene rings is 1. The summed E-state index contributed by atoms with van der Waals surface area (Å²) in [7, 11) is 0. The highest BCUT2D eigenvalue weighted by atomic mass is 35.5. The summed E-state index contributed by atoms with van der Waals surface area (Å²) in [5.41, 5.74) is 1.07. The zero-order valence-electron chi connectivity index (χ0n) is 12.9. The van der Waals surface area contributed by atoms with Crippen LogP contribution < -0.4 is 0 Å². The normalized spacial score (nSPS) is 28.0. The highest BCUT2D eigenvalue weighted by Gasteiger charge is 2.49. The van der Waals surface area contributed by atoms with Crippen molar-refractivity contribution in [2.24, 2.45) is 0 Å². The molecule has 3 saturated heterocycles. The van der Waals surface area contributed by atoms with Crippen LogP contribution in [0.5, 0.6) is 0 Å². The van der Waals surface area contributed by atoms with Crippen LogP contribution in [0.15, 0.2) is 24.3 Å². The maximum atomic E-state index is 12.7. The van der Waals surface area contributed by atoms with E-state index < -0.39 is 0 Å². The summed E-state index contributed by atoms with van der Waals surface area (Å²) < 4.78 is 0. The van der Waals surface area contributed by atoms with E-state index in [2.05, 4.69) is 4.90 Å². The first-order valence-electron chi connectivity index (χ1n) is 8.22. The number of hydrogen-bond donors (Lipinski definition) is 0. The Kier molecular flexibility index (Phi) is 3.77. The number of carbonyl (C=O) groups excluding carboxylic acids is 2. The minimum absolute atomic E-state index is 0.121. The molecule has 5 nitrogen and oxygen atoms in total. The van der Waals surface area contributed by atoms with Gasteiger partial charge in [-0.1, -0.05) is 29.8 Å². The van der Waals surface area contributed by atoms with E-state index in [9.17, 15) is 9.59 Å². The summed E-state index contributed by atoms with van der Waals surface area (Å²) in [4.78, 5) is 31.2. The molecule has 0 N–H and O–H groups in total. The average molecular weight is 334 g/mol. The van der Waals surface area contributed by atoms with Crippen molar-refractivity contribution in [1.82, 2.24) is 14.7 Å². The van der Waals surface area contributed by atoms with Gasteiger partial charge in [-0.15, -0.1) is 0 Å². The van der Waals surface area contributed by atoms with Crippen LogP contribution in [0.4, 0.5) is 0 Å². The summed E-state index contributed by atoms with van der Waals surface area (Å²) in [5, 5.41) is 0.751. The van der Waals surface area contributed by atoms with E-state index in [1.165, 1.54) is 0 Å². The highest BCUT2D eigenvalue weighted by molar-refractivity contribution is 6.31. The minimum Gasteiger partial charge on any atom is -0.329 e. The van der Waals surface area contributed by atoms with Gasteiger partial charge in [-0.3, -0.25) is 14.5 Å². The number of hydrogen-bond acceptors (Lipinski definition) is 3. The van der Waals surface area contributed by atoms with Crippen molar-refractivity contribution in [3.8, 4) is 0 Å². The van der Waals surface area contributed by atoms with E-state index in [-0.39, 0.29) is 23.9 Å². The van der Waals surface area contributed by atoms with E-state index in [1.54, 1.807) is 9.80 Å². The maximum Gasteiger partial charge on any atom is 0.247 e. The lowest BCUT2D eigenvalue weighted by molar-refractivity contribution is -0.163. The smallest absolute Gasteiger partial charge is 0.247 e. The quantitative estimate of drug-likeness (QED) is 0.821. The van der Waals surface area contributed by atoms with Crippen LogP contribution in [-0.2, 0) is 16.1 Å². The Balaban J connectivity index is 1.51. The molecule has 2 atom stereocenters. The SMILES string of the molecule is O=C1[C@H]2CN(Cc3ccccc3Cl)CCN2C(=O)[C@H]2CCCN12. The number of rotatable bonds is 2. The van der Waals surface area contributed by atoms with Crippen molar-refractivity contribution in [2.75, 3.05) is 26.2 Å². The van der Waals surface area contributed by atoms with Gasteiger partial charge in [0.15, 0.2) is 0 Å². The number of halogens is 1. The minimum atomic E-state index is -0.326. The van der Waals surface area contributed by atoms with Gasteiger partial charge < -0.3 is 9.80 Å². The third kappa shape index (κ3) is 2.52. The van der Waals surface area contributed by atoms with Crippen molar-refractivity contribution < 1.29 is 9.59 Å². The van der Waals surface area contributed by atoms with Crippen LogP contribution in [0, 0.1) is 0 Å². The first kappa shape index (κ1) is 15.0. The van der Waals surface area contributed by atoms with Gasteiger partial charge in [-0.2, -0.15) is 0 Å². The Labute approximate surface area is 140 Å². The molecule has 0 unspecified atom stereocenters. The molecule has 23 heavy (non-hydrogen) atoms. The highest BCUT2D eigenvalue weighted by Crippen LogP contribution is 2.29. The predicted molar refractivity (Wildman–Crippen MR) is 87.0 cm³/mol. The van der Waals surface area contributed by atoms with Crippen molar-refractivity contribution in [2.45, 2.75) is 31.5 Å². The van der Waals surface area contributed by atoms with Gasteiger partial charge in [0.1, 0.15) is 12.1 Å². The molecule has 2 amide bonds. The van der Waals surface area contributed by atoms with Crippen LogP contribution >= 0.6 is 11.6 Å². The number of nitrogens with zero attached hydrogens (tertiary/aromatic N) is 3. The fourth-order valence-corrected chi connectivity index (χ4v) is 4.19. The topological polar surface area (TPSA) is 43.9 Å². The van der Waals surface area contributed by atoms with Gasteiger partial charge in [0, 0.05) is 37.7 Å². The van der Waals surface area contributed by atoms with Crippen LogP contribution in [0.3, 0.4) is 0 Å². The van der Waals surface area contributed by atoms with Crippen LogP contribution in [0.25, 0.3) is 0 Å². The van der Waals surface area contributed by atoms with E-state index in [4.69, 9.17) is 11.6 Å². The third-order valence-electron chi connectivity index (χ3n) is 5.21. The summed E-state index contributed by atoms with van der Waals surface area (Å²) in [6.07, 6.45) is 1.75. The Morgan fingerprint density at radius 2 is 1.74 bits per heavy atom. The molecule has 3 heterocycles. The second-order valence-corrected chi connectivity index (χ2v) is 6.97. The molecule has 4 rings (SSSR count). The zero-order chi connectivity index (χ0) is 16.0. The largest absolute Gasteiger partial charge is 0.329 e. The molecule has 0 aliphatic carbocycles. The molecule has 1 aromatic carbocycles. The average Bonchev–Trinajstić information content (AvgIpc) is 3.05. The second kappa shape index (κ2) is 5.80. The van der Waals surface area contributed by atoms with Gasteiger partial charge in [-0.05, 0) is 24.5 Å². The molecule has 0 saturated carbocycles. The van der Waals surface area contributed by atoms with Gasteiger partial charge >= 0.3 is 0 Å². The molecule has 0 spiro atoms. The Morgan fingerprint density at radius 3 is 2.57 bits per heavy atom. The number of amides is 2. The van der Waals surface area contributed by atoms with Crippen LogP contribution in [0.1, 0.15) is 18.4 Å². The zero-order valence-corrected chi connectivity index (χ0v) is 13.7. The maximum absolute atomic E-state index is 12.7. The molecule has 0 bridgehead atoms. The lowest BCUT2D eigenvalue weighted by Gasteiger charge is -2.47. The van der Waals surface area contributed by atoms with Crippen molar-refractivity contribution in [3.05, 3.63) is 34.9 Å². The Hall–Kier alpha value is -1.59. The summed E-state index contributed by atoms with van der Waals surface area (Å²) in [5.74, 6) is 0.264. The first-order chi connectivity index (χ1) is 11.1. The second-order valence-electron chi connectivity index (χ2n) is 6.56. The van der Waals surface area contributed by atoms with Crippen molar-refractivity contribution in [1.29, 1.82) is 0 Å². The van der Waals surface area contributed by atoms with Gasteiger partial charge in [-0.25, -0.2) is 0 Å². The van der Waals surface area contributed by atoms with Crippen LogP contribution in [0.2, 0.25) is 5.02 Å². The van der Waals surface area contributed by atoms with E-state index in [0.29, 0.717) is 13.1 Å². The predicted octanol–water partition coefficient (Wildman–Crippen LogP) is 1.36. The first-order valence-corrected chi connectivity index (χ1v) is 8.59. The molecule has 0 aromatic heterocycles. The summed E-state index contributed by atoms with van der Waals surface area (Å²) in [6, 6.07) is 7.26. The molecular weight excluding hydrogens is 314 g/mol. The monoisotopic (exact) mass is 333 g/mol. The fraction of sp³-hybridized carbons (Fsp3) is 0.529. The van der Waals surface area contributed by atoms with E-state index >= 15 is 0 Å². The molecule has 122 valence electrons. The summed E-state index contributed by atoms with van der Waals surface area (Å²) >= 11 is 6.24. The van der Waals surface area contributed by atoms with Gasteiger partial charge in [0.25, 0.3) is 0 Å². The Morgan fingerprint density at radius 1 is 1.00 bits per heavy atom. The lowest BCUT2D eigenvalue weighted by Crippen LogP contribution is -2.68. The Bertz CT molecular complexity index is 650. The lowest BCUT2D eigenvalue weighted by atomic mass is 10.0. The number of carbonyl (C=O) groups is 2. The molecule has 3 fully saturated rings. The standard InChI is InChI=1S/C17H20ClN3O2/c18-13-5-2-1-4-12(13)10-19-8-9-21-15(11-19)17(23)20-7-3-6-14(20)16(21)22/h1-2,4-5,14-15H,3,6-11H2/t14-,15-/m1/s1. The van der Waals surface area contributed by atoms with Crippen molar-refractivity contribution >= 4 is 23.4 Å². The third-order valence-corrected chi connectivity index (χ3v) is 5.57. The molecule has 3 aliphatic rings. The molecule has 0 radical (unpaired) electrons. The van der Waals surface area contributed by atoms with Gasteiger partial charge in [0.05, 0.1) is 0 Å². The molecule has 3 aliphatic heterocycles. The van der Waals surface area contributed by atoms with E-state index in [1.807, 2.05) is 24.3 Å². The van der Waals surface area contributed by atoms with Crippen molar-refractivity contribution in [3.63, 3.8) is 0 Å². The van der Waals surface area contributed by atoms with Gasteiger partial charge in [0.2, 0.25) is 11.8 Å². The molecular formula is C17H20ClN3O2. The molecule has 6 heteroatoms. The molecule has 1 aromatic rings. The number of piperazine rings is 2.